The SMILES string of the molecule is CS(=O)(=O)Cc1nc(-c2ccccc2N)no1. The fourth-order valence-electron chi connectivity index (χ4n) is 1.35. The van der Waals surface area contributed by atoms with E-state index in [0.29, 0.717) is 17.1 Å². The van der Waals surface area contributed by atoms with E-state index < -0.39 is 9.84 Å². The van der Waals surface area contributed by atoms with Gasteiger partial charge in [-0.05, 0) is 12.1 Å². The van der Waals surface area contributed by atoms with E-state index in [2.05, 4.69) is 10.1 Å². The summed E-state index contributed by atoms with van der Waals surface area (Å²) < 4.78 is 27.0. The number of benzene rings is 1. The lowest BCUT2D eigenvalue weighted by Gasteiger charge is -1.97. The Morgan fingerprint density at radius 1 is 1.35 bits per heavy atom. The van der Waals surface area contributed by atoms with Gasteiger partial charge in [0.05, 0.1) is 0 Å². The molecule has 90 valence electrons. The average Bonchev–Trinajstić information content (AvgIpc) is 2.64. The van der Waals surface area contributed by atoms with Crippen LogP contribution in [0.25, 0.3) is 11.4 Å². The zero-order chi connectivity index (χ0) is 12.5. The number of hydrogen-bond acceptors (Lipinski definition) is 6. The lowest BCUT2D eigenvalue weighted by atomic mass is 10.2. The number of nitrogen functional groups attached to an aromatic ring is 1. The minimum atomic E-state index is -3.18. The third-order valence-corrected chi connectivity index (χ3v) is 2.83. The van der Waals surface area contributed by atoms with E-state index in [1.54, 1.807) is 24.3 Å². The highest BCUT2D eigenvalue weighted by molar-refractivity contribution is 7.89. The molecular weight excluding hydrogens is 242 g/mol. The van der Waals surface area contributed by atoms with Crippen LogP contribution in [-0.2, 0) is 15.6 Å². The molecule has 0 saturated heterocycles. The maximum absolute atomic E-state index is 11.1. The molecule has 0 atom stereocenters. The fraction of sp³-hybridized carbons (Fsp3) is 0.200. The van der Waals surface area contributed by atoms with E-state index in [0.717, 1.165) is 6.26 Å². The first kappa shape index (κ1) is 11.6. The molecule has 1 aromatic heterocycles. The monoisotopic (exact) mass is 253 g/mol. The molecule has 17 heavy (non-hydrogen) atoms. The number of aromatic nitrogens is 2. The van der Waals surface area contributed by atoms with E-state index in [1.807, 2.05) is 0 Å². The van der Waals surface area contributed by atoms with Crippen molar-refractivity contribution in [1.82, 2.24) is 10.1 Å². The predicted octanol–water partition coefficient (Wildman–Crippen LogP) is 0.863. The van der Waals surface area contributed by atoms with Crippen LogP contribution in [0, 0.1) is 0 Å². The van der Waals surface area contributed by atoms with Crippen LogP contribution >= 0.6 is 0 Å². The van der Waals surface area contributed by atoms with Crippen LogP contribution in [-0.4, -0.2) is 24.8 Å². The number of hydrogen-bond donors (Lipinski definition) is 1. The zero-order valence-electron chi connectivity index (χ0n) is 9.12. The van der Waals surface area contributed by atoms with Crippen molar-refractivity contribution in [2.75, 3.05) is 12.0 Å². The topological polar surface area (TPSA) is 99.1 Å². The van der Waals surface area contributed by atoms with Gasteiger partial charge in [0.25, 0.3) is 0 Å². The first-order valence-electron chi connectivity index (χ1n) is 4.81. The Bertz CT molecular complexity index is 634. The molecule has 0 radical (unpaired) electrons. The molecule has 0 saturated carbocycles. The van der Waals surface area contributed by atoms with Crippen molar-refractivity contribution in [2.45, 2.75) is 5.75 Å². The predicted molar refractivity (Wildman–Crippen MR) is 62.7 cm³/mol. The molecule has 2 rings (SSSR count). The molecule has 0 bridgehead atoms. The summed E-state index contributed by atoms with van der Waals surface area (Å²) in [6, 6.07) is 7.03. The first-order valence-corrected chi connectivity index (χ1v) is 6.87. The van der Waals surface area contributed by atoms with Crippen molar-refractivity contribution < 1.29 is 12.9 Å². The van der Waals surface area contributed by atoms with Crippen LogP contribution in [0.1, 0.15) is 5.89 Å². The third-order valence-electron chi connectivity index (χ3n) is 2.06. The van der Waals surface area contributed by atoms with E-state index in [-0.39, 0.29) is 11.6 Å². The van der Waals surface area contributed by atoms with Gasteiger partial charge in [-0.25, -0.2) is 8.42 Å². The second kappa shape index (κ2) is 4.17. The minimum Gasteiger partial charge on any atom is -0.398 e. The molecule has 0 fully saturated rings. The molecule has 0 unspecified atom stereocenters. The Balaban J connectivity index is 2.34. The number of rotatable bonds is 3. The van der Waals surface area contributed by atoms with Crippen molar-refractivity contribution in [2.24, 2.45) is 0 Å². The highest BCUT2D eigenvalue weighted by Gasteiger charge is 2.14. The standard InChI is InChI=1S/C10H11N3O3S/c1-17(14,15)6-9-12-10(13-16-9)7-4-2-3-5-8(7)11/h2-5H,6,11H2,1H3. The molecule has 0 aliphatic rings. The number of nitrogens with zero attached hydrogens (tertiary/aromatic N) is 2. The highest BCUT2D eigenvalue weighted by Crippen LogP contribution is 2.22. The van der Waals surface area contributed by atoms with Crippen LogP contribution in [0.5, 0.6) is 0 Å². The quantitative estimate of drug-likeness (QED) is 0.814. The van der Waals surface area contributed by atoms with Gasteiger partial charge < -0.3 is 10.3 Å². The van der Waals surface area contributed by atoms with Gasteiger partial charge in [-0.3, -0.25) is 0 Å². The van der Waals surface area contributed by atoms with E-state index in [4.69, 9.17) is 10.3 Å². The Labute approximate surface area is 98.4 Å². The summed E-state index contributed by atoms with van der Waals surface area (Å²) in [4.78, 5) is 3.99. The Hall–Kier alpha value is -1.89. The molecule has 2 N–H and O–H groups in total. The van der Waals surface area contributed by atoms with Crippen LogP contribution in [0.15, 0.2) is 28.8 Å². The van der Waals surface area contributed by atoms with Crippen molar-refractivity contribution in [3.63, 3.8) is 0 Å². The van der Waals surface area contributed by atoms with Gasteiger partial charge in [-0.1, -0.05) is 17.3 Å². The molecule has 1 heterocycles. The van der Waals surface area contributed by atoms with E-state index >= 15 is 0 Å². The van der Waals surface area contributed by atoms with Crippen LogP contribution < -0.4 is 5.73 Å². The second-order valence-corrected chi connectivity index (χ2v) is 5.81. The Morgan fingerprint density at radius 2 is 2.06 bits per heavy atom. The molecule has 6 nitrogen and oxygen atoms in total. The van der Waals surface area contributed by atoms with Crippen molar-refractivity contribution in [1.29, 1.82) is 0 Å². The molecule has 0 amide bonds. The maximum atomic E-state index is 11.1. The lowest BCUT2D eigenvalue weighted by molar-refractivity contribution is 0.389. The number of anilines is 1. The second-order valence-electron chi connectivity index (χ2n) is 3.67. The largest absolute Gasteiger partial charge is 0.398 e. The molecule has 0 spiro atoms. The summed E-state index contributed by atoms with van der Waals surface area (Å²) in [5.74, 6) is 0.0831. The summed E-state index contributed by atoms with van der Waals surface area (Å²) in [6.07, 6.45) is 1.10. The van der Waals surface area contributed by atoms with Gasteiger partial charge in [-0.2, -0.15) is 4.98 Å². The van der Waals surface area contributed by atoms with Gasteiger partial charge in [0.1, 0.15) is 5.75 Å². The molecular formula is C10H11N3O3S. The lowest BCUT2D eigenvalue weighted by Crippen LogP contribution is -2.00. The van der Waals surface area contributed by atoms with Gasteiger partial charge in [0, 0.05) is 17.5 Å². The smallest absolute Gasteiger partial charge is 0.242 e. The van der Waals surface area contributed by atoms with Gasteiger partial charge in [0.2, 0.25) is 11.7 Å². The molecule has 7 heteroatoms. The summed E-state index contributed by atoms with van der Waals surface area (Å²) in [7, 11) is -3.18. The van der Waals surface area contributed by atoms with Crippen LogP contribution in [0.2, 0.25) is 0 Å². The summed E-state index contributed by atoms with van der Waals surface area (Å²) in [6.45, 7) is 0. The van der Waals surface area contributed by atoms with Crippen LogP contribution in [0.4, 0.5) is 5.69 Å². The maximum Gasteiger partial charge on any atom is 0.242 e. The Morgan fingerprint density at radius 3 is 2.71 bits per heavy atom. The number of para-hydroxylation sites is 1. The van der Waals surface area contributed by atoms with Crippen LogP contribution in [0.3, 0.4) is 0 Å². The van der Waals surface area contributed by atoms with E-state index in [9.17, 15) is 8.42 Å². The van der Waals surface area contributed by atoms with Gasteiger partial charge >= 0.3 is 0 Å². The number of sulfone groups is 1. The zero-order valence-corrected chi connectivity index (χ0v) is 9.94. The van der Waals surface area contributed by atoms with Crippen molar-refractivity contribution in [3.05, 3.63) is 30.2 Å². The van der Waals surface area contributed by atoms with Crippen molar-refractivity contribution >= 4 is 15.5 Å². The summed E-state index contributed by atoms with van der Waals surface area (Å²) in [5.41, 5.74) is 6.88. The fourth-order valence-corrected chi connectivity index (χ4v) is 1.91. The molecule has 0 aliphatic carbocycles. The third kappa shape index (κ3) is 2.82. The summed E-state index contributed by atoms with van der Waals surface area (Å²) in [5, 5.41) is 3.70. The molecule has 0 aliphatic heterocycles. The van der Waals surface area contributed by atoms with E-state index in [1.165, 1.54) is 0 Å². The molecule has 1 aromatic carbocycles. The Kier molecular flexibility index (Phi) is 2.84. The van der Waals surface area contributed by atoms with Crippen molar-refractivity contribution in [3.8, 4) is 11.4 Å². The highest BCUT2D eigenvalue weighted by atomic mass is 32.2. The van der Waals surface area contributed by atoms with Gasteiger partial charge in [-0.15, -0.1) is 0 Å². The molecule has 2 aromatic rings. The number of nitrogens with two attached hydrogens (primary N) is 1. The first-order chi connectivity index (χ1) is 7.96. The average molecular weight is 253 g/mol. The normalized spacial score (nSPS) is 11.6. The van der Waals surface area contributed by atoms with Gasteiger partial charge in [0.15, 0.2) is 9.84 Å². The summed E-state index contributed by atoms with van der Waals surface area (Å²) >= 11 is 0. The minimum absolute atomic E-state index is 0.0609.